The van der Waals surface area contributed by atoms with E-state index in [0.717, 1.165) is 12.2 Å². The number of primary amides is 1. The minimum Gasteiger partial charge on any atom is -0.366 e. The minimum atomic E-state index is -0.770. The second kappa shape index (κ2) is 3.54. The number of nitrogens with two attached hydrogens (primary N) is 1. The molecule has 2 N–H and O–H groups in total. The first-order valence-corrected chi connectivity index (χ1v) is 2.13. The molecule has 0 aromatic carbocycles. The highest BCUT2D eigenvalue weighted by atomic mass is 16.2. The number of hydrogen-bond donors (Lipinski definition) is 1. The van der Waals surface area contributed by atoms with Gasteiger partial charge in [0.1, 0.15) is 0 Å². The normalized spacial score (nSPS) is 9.33. The number of hydrogen-bond acceptors (Lipinski definition) is 3. The van der Waals surface area contributed by atoms with Gasteiger partial charge in [-0.3, -0.25) is 14.4 Å². The highest BCUT2D eigenvalue weighted by molar-refractivity contribution is 6.31. The monoisotopic (exact) mass is 127 g/mol. The van der Waals surface area contributed by atoms with Crippen LogP contribution in [0.1, 0.15) is 0 Å². The molecule has 0 saturated heterocycles. The van der Waals surface area contributed by atoms with Crippen LogP contribution < -0.4 is 5.73 Å². The summed E-state index contributed by atoms with van der Waals surface area (Å²) in [4.78, 5) is 29.5. The lowest BCUT2D eigenvalue weighted by molar-refractivity contribution is -0.126. The van der Waals surface area contributed by atoms with Crippen LogP contribution in [0, 0.1) is 0 Å². The van der Waals surface area contributed by atoms with Crippen LogP contribution in [0.5, 0.6) is 0 Å². The van der Waals surface area contributed by atoms with Crippen molar-refractivity contribution in [3.63, 3.8) is 0 Å². The molecule has 0 saturated carbocycles. The number of rotatable bonds is 3. The van der Waals surface area contributed by atoms with Crippen molar-refractivity contribution in [2.45, 2.75) is 0 Å². The van der Waals surface area contributed by atoms with E-state index in [1.807, 2.05) is 0 Å². The van der Waals surface area contributed by atoms with Crippen molar-refractivity contribution in [2.75, 3.05) is 0 Å². The summed E-state index contributed by atoms with van der Waals surface area (Å²) in [7, 11) is 0. The Balaban J connectivity index is 3.85. The minimum absolute atomic E-state index is 0.0967. The summed E-state index contributed by atoms with van der Waals surface area (Å²) < 4.78 is 0. The SMILES string of the molecule is NC(=O)C=CC(=O)C=O. The highest BCUT2D eigenvalue weighted by Gasteiger charge is 1.89. The van der Waals surface area contributed by atoms with Crippen LogP contribution in [-0.4, -0.2) is 18.0 Å². The van der Waals surface area contributed by atoms with E-state index in [0.29, 0.717) is 0 Å². The maximum absolute atomic E-state index is 10.1. The molecule has 0 aromatic heterocycles. The molecule has 0 aliphatic heterocycles. The lowest BCUT2D eigenvalue weighted by Crippen LogP contribution is -2.06. The molecule has 4 nitrogen and oxygen atoms in total. The lowest BCUT2D eigenvalue weighted by atomic mass is 10.4. The fourth-order valence-electron chi connectivity index (χ4n) is 0.204. The fraction of sp³-hybridized carbons (Fsp3) is 0. The van der Waals surface area contributed by atoms with Crippen molar-refractivity contribution in [3.8, 4) is 0 Å². The summed E-state index contributed by atoms with van der Waals surface area (Å²) in [6.07, 6.45) is 1.74. The zero-order valence-corrected chi connectivity index (χ0v) is 4.53. The Labute approximate surface area is 51.3 Å². The average Bonchev–Trinajstić information content (AvgIpc) is 1.83. The molecule has 0 unspecified atom stereocenters. The number of amides is 1. The fourth-order valence-corrected chi connectivity index (χ4v) is 0.204. The van der Waals surface area contributed by atoms with E-state index in [1.54, 1.807) is 0 Å². The molecular weight excluding hydrogens is 122 g/mol. The van der Waals surface area contributed by atoms with Crippen molar-refractivity contribution >= 4 is 18.0 Å². The van der Waals surface area contributed by atoms with E-state index in [-0.39, 0.29) is 6.29 Å². The maximum Gasteiger partial charge on any atom is 0.241 e. The van der Waals surface area contributed by atoms with Gasteiger partial charge in [0.05, 0.1) is 0 Å². The summed E-state index contributed by atoms with van der Waals surface area (Å²) in [5.74, 6) is -1.51. The largest absolute Gasteiger partial charge is 0.366 e. The smallest absolute Gasteiger partial charge is 0.241 e. The molecule has 9 heavy (non-hydrogen) atoms. The Bertz CT molecular complexity index is 171. The van der Waals surface area contributed by atoms with Crippen LogP contribution in [0.4, 0.5) is 0 Å². The molecule has 0 radical (unpaired) electrons. The van der Waals surface area contributed by atoms with Crippen LogP contribution in [0.3, 0.4) is 0 Å². The predicted octanol–water partition coefficient (Wildman–Crippen LogP) is -1.20. The number of aldehydes is 1. The van der Waals surface area contributed by atoms with Crippen molar-refractivity contribution < 1.29 is 14.4 Å². The standard InChI is InChI=1S/C5H5NO3/c6-5(9)2-1-4(8)3-7/h1-3H,(H2,6,9). The van der Waals surface area contributed by atoms with Crippen molar-refractivity contribution in [2.24, 2.45) is 5.73 Å². The first-order chi connectivity index (χ1) is 4.16. The van der Waals surface area contributed by atoms with E-state index >= 15 is 0 Å². The van der Waals surface area contributed by atoms with Gasteiger partial charge in [-0.05, 0) is 6.08 Å². The summed E-state index contributed by atoms with van der Waals surface area (Å²) in [6.45, 7) is 0. The van der Waals surface area contributed by atoms with Gasteiger partial charge in [-0.25, -0.2) is 0 Å². The quantitative estimate of drug-likeness (QED) is 0.293. The van der Waals surface area contributed by atoms with E-state index < -0.39 is 11.7 Å². The summed E-state index contributed by atoms with van der Waals surface area (Å²) in [5.41, 5.74) is 4.60. The van der Waals surface area contributed by atoms with E-state index in [9.17, 15) is 14.4 Å². The molecule has 0 fully saturated rings. The third kappa shape index (κ3) is 4.40. The van der Waals surface area contributed by atoms with Crippen LogP contribution >= 0.6 is 0 Å². The Morgan fingerprint density at radius 1 is 1.22 bits per heavy atom. The molecule has 48 valence electrons. The second-order valence-corrected chi connectivity index (χ2v) is 1.26. The summed E-state index contributed by atoms with van der Waals surface area (Å²) in [6, 6.07) is 0. The van der Waals surface area contributed by atoms with Gasteiger partial charge in [-0.15, -0.1) is 0 Å². The Morgan fingerprint density at radius 3 is 2.11 bits per heavy atom. The number of carbonyl (C=O) groups is 3. The highest BCUT2D eigenvalue weighted by Crippen LogP contribution is 1.70. The molecule has 0 aromatic rings. The first-order valence-electron chi connectivity index (χ1n) is 2.13. The molecule has 0 aliphatic carbocycles. The van der Waals surface area contributed by atoms with Gasteiger partial charge in [0.15, 0.2) is 6.29 Å². The lowest BCUT2D eigenvalue weighted by Gasteiger charge is -1.75. The van der Waals surface area contributed by atoms with Crippen molar-refractivity contribution in [3.05, 3.63) is 12.2 Å². The molecule has 0 rings (SSSR count). The van der Waals surface area contributed by atoms with Crippen LogP contribution in [0.25, 0.3) is 0 Å². The third-order valence-corrected chi connectivity index (χ3v) is 0.528. The molecule has 0 bridgehead atoms. The maximum atomic E-state index is 10.1. The van der Waals surface area contributed by atoms with Gasteiger partial charge in [0, 0.05) is 6.08 Å². The topological polar surface area (TPSA) is 77.2 Å². The summed E-state index contributed by atoms with van der Waals surface area (Å²) in [5, 5.41) is 0. The third-order valence-electron chi connectivity index (χ3n) is 0.528. The molecule has 1 amide bonds. The Hall–Kier alpha value is -1.45. The molecule has 4 heteroatoms. The molecule has 0 atom stereocenters. The van der Waals surface area contributed by atoms with Gasteiger partial charge in [-0.1, -0.05) is 0 Å². The van der Waals surface area contributed by atoms with Crippen molar-refractivity contribution in [1.29, 1.82) is 0 Å². The van der Waals surface area contributed by atoms with Crippen LogP contribution in [0.15, 0.2) is 12.2 Å². The van der Waals surface area contributed by atoms with Gasteiger partial charge >= 0.3 is 0 Å². The zero-order chi connectivity index (χ0) is 7.28. The Kier molecular flexibility index (Phi) is 2.97. The van der Waals surface area contributed by atoms with Crippen molar-refractivity contribution in [1.82, 2.24) is 0 Å². The average molecular weight is 127 g/mol. The van der Waals surface area contributed by atoms with Gasteiger partial charge in [-0.2, -0.15) is 0 Å². The second-order valence-electron chi connectivity index (χ2n) is 1.26. The number of ketones is 1. The number of allylic oxidation sites excluding steroid dienone is 1. The number of carbonyl (C=O) groups excluding carboxylic acids is 3. The first kappa shape index (κ1) is 7.55. The van der Waals surface area contributed by atoms with Crippen LogP contribution in [0.2, 0.25) is 0 Å². The van der Waals surface area contributed by atoms with Gasteiger partial charge in [0.2, 0.25) is 11.7 Å². The molecular formula is C5H5NO3. The molecule has 0 aliphatic rings. The van der Waals surface area contributed by atoms with E-state index in [4.69, 9.17) is 0 Å². The molecule has 0 spiro atoms. The zero-order valence-electron chi connectivity index (χ0n) is 4.53. The predicted molar refractivity (Wildman–Crippen MR) is 29.4 cm³/mol. The van der Waals surface area contributed by atoms with Gasteiger partial charge < -0.3 is 5.73 Å². The molecule has 0 heterocycles. The van der Waals surface area contributed by atoms with E-state index in [1.165, 1.54) is 0 Å². The summed E-state index contributed by atoms with van der Waals surface area (Å²) >= 11 is 0. The van der Waals surface area contributed by atoms with Crippen LogP contribution in [-0.2, 0) is 14.4 Å². The van der Waals surface area contributed by atoms with Gasteiger partial charge in [0.25, 0.3) is 0 Å². The van der Waals surface area contributed by atoms with E-state index in [2.05, 4.69) is 5.73 Å². The Morgan fingerprint density at radius 2 is 1.78 bits per heavy atom.